The highest BCUT2D eigenvalue weighted by Gasteiger charge is 2.53. The summed E-state index contributed by atoms with van der Waals surface area (Å²) in [7, 11) is -4.53. The molecule has 0 amide bonds. The number of aryl methyl sites for hydroxylation is 2. The molecule has 0 bridgehead atoms. The van der Waals surface area contributed by atoms with Crippen molar-refractivity contribution < 1.29 is 17.7 Å². The Kier molecular flexibility index (Phi) is 7.06. The van der Waals surface area contributed by atoms with Gasteiger partial charge in [-0.25, -0.2) is 9.71 Å². The second-order valence-corrected chi connectivity index (χ2v) is 10.3. The number of hydrogen-bond acceptors (Lipinski definition) is 6. The van der Waals surface area contributed by atoms with Gasteiger partial charge in [0.1, 0.15) is 6.10 Å². The van der Waals surface area contributed by atoms with Crippen LogP contribution in [0.2, 0.25) is 0 Å². The van der Waals surface area contributed by atoms with E-state index in [9.17, 15) is 13.0 Å². The Morgan fingerprint density at radius 2 is 1.94 bits per heavy atom. The van der Waals surface area contributed by atoms with Gasteiger partial charge in [0.15, 0.2) is 0 Å². The van der Waals surface area contributed by atoms with Gasteiger partial charge in [0, 0.05) is 30.1 Å². The van der Waals surface area contributed by atoms with Gasteiger partial charge in [-0.05, 0) is 57.7 Å². The molecule has 4 rings (SSSR count). The summed E-state index contributed by atoms with van der Waals surface area (Å²) >= 11 is 0. The zero-order valence-corrected chi connectivity index (χ0v) is 20.7. The summed E-state index contributed by atoms with van der Waals surface area (Å²) in [6.45, 7) is 8.57. The highest BCUT2D eigenvalue weighted by Crippen LogP contribution is 2.54. The van der Waals surface area contributed by atoms with E-state index in [4.69, 9.17) is 4.74 Å². The van der Waals surface area contributed by atoms with Gasteiger partial charge in [-0.1, -0.05) is 42.5 Å². The first kappa shape index (κ1) is 24.4. The minimum atomic E-state index is -4.53. The summed E-state index contributed by atoms with van der Waals surface area (Å²) in [6, 6.07) is 7.66. The van der Waals surface area contributed by atoms with Gasteiger partial charge in [0.25, 0.3) is 0 Å². The van der Waals surface area contributed by atoms with Crippen LogP contribution in [-0.4, -0.2) is 53.6 Å². The first-order valence-electron chi connectivity index (χ1n) is 11.6. The summed E-state index contributed by atoms with van der Waals surface area (Å²) in [5.74, 6) is 0.0749. The van der Waals surface area contributed by atoms with Crippen molar-refractivity contribution in [3.05, 3.63) is 59.7 Å². The van der Waals surface area contributed by atoms with Crippen LogP contribution in [0.1, 0.15) is 37.3 Å². The minimum absolute atomic E-state index is 0.0596. The lowest BCUT2D eigenvalue weighted by Gasteiger charge is -2.38. The zero-order valence-electron chi connectivity index (χ0n) is 19.9. The second-order valence-electron chi connectivity index (χ2n) is 9.19. The molecule has 1 aromatic carbocycles. The average molecular weight is 485 g/mol. The van der Waals surface area contributed by atoms with E-state index in [-0.39, 0.29) is 17.5 Å². The summed E-state index contributed by atoms with van der Waals surface area (Å²) in [5, 5.41) is 0. The van der Waals surface area contributed by atoms with Crippen LogP contribution in [0.4, 0.5) is 5.95 Å². The lowest BCUT2D eigenvalue weighted by molar-refractivity contribution is 0.0282. The maximum absolute atomic E-state index is 11.5. The molecule has 1 unspecified atom stereocenters. The standard InChI is InChI=1S/C25H32N4O4S/c1-4-5-6-7-14-29-15-13-25(11-12-25)21(17-29)33-22-16-20(23-18(2)9-8-10-19(23)3)26-24(27-22)28-34(30,31)32/h4-10,16,21H,11-15,17H2,1-3H3,(H,26,27,28)(H,30,31,32)/b5-4-,7-6+. The van der Waals surface area contributed by atoms with Gasteiger partial charge in [0.05, 0.1) is 5.69 Å². The number of aromatic nitrogens is 2. The molecule has 2 N–H and O–H groups in total. The molecule has 1 saturated carbocycles. The first-order chi connectivity index (χ1) is 16.2. The van der Waals surface area contributed by atoms with Gasteiger partial charge >= 0.3 is 10.3 Å². The highest BCUT2D eigenvalue weighted by atomic mass is 32.2. The molecule has 182 valence electrons. The fourth-order valence-electron chi connectivity index (χ4n) is 4.66. The number of anilines is 1. The SMILES string of the molecule is C/C=C\C=C\CN1CCC2(CC2)C(Oc2cc(-c3c(C)cccc3C)nc(NS(=O)(=O)O)n2)C1. The van der Waals surface area contributed by atoms with E-state index in [1.165, 1.54) is 0 Å². The van der Waals surface area contributed by atoms with Crippen LogP contribution >= 0.6 is 0 Å². The molecule has 2 aromatic rings. The third-order valence-electron chi connectivity index (χ3n) is 6.65. The summed E-state index contributed by atoms with van der Waals surface area (Å²) in [6.07, 6.45) is 11.4. The molecular weight excluding hydrogens is 452 g/mol. The number of rotatable bonds is 8. The van der Waals surface area contributed by atoms with E-state index in [1.807, 2.05) is 61.9 Å². The number of benzene rings is 1. The quantitative estimate of drug-likeness (QED) is 0.424. The van der Waals surface area contributed by atoms with E-state index >= 15 is 0 Å². The molecule has 0 radical (unpaired) electrons. The van der Waals surface area contributed by atoms with Crippen molar-refractivity contribution in [2.45, 2.75) is 46.1 Å². The predicted molar refractivity (Wildman–Crippen MR) is 133 cm³/mol. The molecule has 1 spiro atoms. The Balaban J connectivity index is 1.64. The van der Waals surface area contributed by atoms with Crippen LogP contribution in [0.15, 0.2) is 48.6 Å². The van der Waals surface area contributed by atoms with E-state index in [1.54, 1.807) is 6.07 Å². The van der Waals surface area contributed by atoms with E-state index in [0.717, 1.165) is 55.6 Å². The molecule has 2 heterocycles. The molecular formula is C25H32N4O4S. The number of nitrogens with one attached hydrogen (secondary N) is 1. The lowest BCUT2D eigenvalue weighted by Crippen LogP contribution is -2.48. The Hall–Kier alpha value is -2.75. The largest absolute Gasteiger partial charge is 0.472 e. The Morgan fingerprint density at radius 1 is 1.21 bits per heavy atom. The van der Waals surface area contributed by atoms with Gasteiger partial charge in [-0.3, -0.25) is 9.45 Å². The molecule has 2 aliphatic rings. The van der Waals surface area contributed by atoms with Crippen molar-refractivity contribution in [2.75, 3.05) is 24.4 Å². The fraction of sp³-hybridized carbons (Fsp3) is 0.440. The number of nitrogens with zero attached hydrogens (tertiary/aromatic N) is 3. The van der Waals surface area contributed by atoms with Crippen molar-refractivity contribution in [1.82, 2.24) is 14.9 Å². The van der Waals surface area contributed by atoms with Crippen molar-refractivity contribution in [3.63, 3.8) is 0 Å². The average Bonchev–Trinajstić information content (AvgIpc) is 3.53. The fourth-order valence-corrected chi connectivity index (χ4v) is 4.98. The number of hydrogen-bond donors (Lipinski definition) is 2. The topological polar surface area (TPSA) is 105 Å². The molecule has 8 nitrogen and oxygen atoms in total. The molecule has 9 heteroatoms. The monoisotopic (exact) mass is 484 g/mol. The number of allylic oxidation sites excluding steroid dienone is 3. The first-order valence-corrected chi connectivity index (χ1v) is 13.0. The van der Waals surface area contributed by atoms with E-state index in [2.05, 4.69) is 20.9 Å². The molecule has 1 saturated heterocycles. The number of ether oxygens (including phenoxy) is 1. The third kappa shape index (κ3) is 5.84. The lowest BCUT2D eigenvalue weighted by atomic mass is 9.90. The smallest absolute Gasteiger partial charge is 0.359 e. The van der Waals surface area contributed by atoms with Gasteiger partial charge in [-0.15, -0.1) is 0 Å². The maximum atomic E-state index is 11.5. The Bertz CT molecular complexity index is 1190. The summed E-state index contributed by atoms with van der Waals surface area (Å²) < 4.78 is 40.7. The van der Waals surface area contributed by atoms with Gasteiger partial charge in [0.2, 0.25) is 11.8 Å². The van der Waals surface area contributed by atoms with Crippen molar-refractivity contribution in [1.29, 1.82) is 0 Å². The highest BCUT2D eigenvalue weighted by molar-refractivity contribution is 7.87. The van der Waals surface area contributed by atoms with Crippen LogP contribution in [0.25, 0.3) is 11.3 Å². The minimum Gasteiger partial charge on any atom is -0.472 e. The molecule has 34 heavy (non-hydrogen) atoms. The second kappa shape index (κ2) is 9.85. The maximum Gasteiger partial charge on any atom is 0.359 e. The van der Waals surface area contributed by atoms with E-state index in [0.29, 0.717) is 11.6 Å². The summed E-state index contributed by atoms with van der Waals surface area (Å²) in [5.41, 5.74) is 3.56. The molecule has 2 fully saturated rings. The van der Waals surface area contributed by atoms with Crippen LogP contribution < -0.4 is 9.46 Å². The van der Waals surface area contributed by atoms with Gasteiger partial charge in [-0.2, -0.15) is 13.4 Å². The van der Waals surface area contributed by atoms with Crippen molar-refractivity contribution >= 4 is 16.3 Å². The Morgan fingerprint density at radius 3 is 2.59 bits per heavy atom. The van der Waals surface area contributed by atoms with Crippen LogP contribution in [0, 0.1) is 19.3 Å². The van der Waals surface area contributed by atoms with Crippen LogP contribution in [0.5, 0.6) is 5.88 Å². The number of piperidine rings is 1. The molecule has 1 aromatic heterocycles. The molecule has 1 aliphatic heterocycles. The number of likely N-dealkylation sites (tertiary alicyclic amines) is 1. The van der Waals surface area contributed by atoms with Crippen molar-refractivity contribution in [2.24, 2.45) is 5.41 Å². The molecule has 1 atom stereocenters. The van der Waals surface area contributed by atoms with Crippen LogP contribution in [0.3, 0.4) is 0 Å². The molecule has 1 aliphatic carbocycles. The van der Waals surface area contributed by atoms with Crippen LogP contribution in [-0.2, 0) is 10.3 Å². The van der Waals surface area contributed by atoms with E-state index < -0.39 is 10.3 Å². The Labute approximate surface area is 201 Å². The third-order valence-corrected chi connectivity index (χ3v) is 7.09. The normalized spacial score (nSPS) is 20.3. The van der Waals surface area contributed by atoms with Crippen molar-refractivity contribution in [3.8, 4) is 17.1 Å². The van der Waals surface area contributed by atoms with Gasteiger partial charge < -0.3 is 4.74 Å². The predicted octanol–water partition coefficient (Wildman–Crippen LogP) is 4.34. The summed E-state index contributed by atoms with van der Waals surface area (Å²) in [4.78, 5) is 11.0. The zero-order chi connectivity index (χ0) is 24.3.